The Kier molecular flexibility index (Phi) is 7.81. The molecule has 0 saturated heterocycles. The normalized spacial score (nSPS) is 11.8. The van der Waals surface area contributed by atoms with E-state index in [-0.39, 0.29) is 5.75 Å². The van der Waals surface area contributed by atoms with Crippen LogP contribution in [-0.4, -0.2) is 26.4 Å². The Hall–Kier alpha value is -2.98. The second kappa shape index (κ2) is 10.6. The van der Waals surface area contributed by atoms with Gasteiger partial charge in [-0.1, -0.05) is 41.6 Å². The number of halogens is 4. The van der Waals surface area contributed by atoms with Gasteiger partial charge in [0.1, 0.15) is 5.75 Å². The lowest BCUT2D eigenvalue weighted by molar-refractivity contribution is -0.113. The topological polar surface area (TPSA) is 69.0 Å². The van der Waals surface area contributed by atoms with E-state index in [1.807, 2.05) is 0 Å². The average molecular weight is 483 g/mol. The zero-order valence-corrected chi connectivity index (χ0v) is 18.4. The number of rotatable bonds is 9. The molecule has 0 aliphatic carbocycles. The van der Waals surface area contributed by atoms with Gasteiger partial charge in [-0.05, 0) is 31.2 Å². The van der Waals surface area contributed by atoms with Crippen molar-refractivity contribution in [1.29, 1.82) is 0 Å². The maximum absolute atomic E-state index is 13.8. The number of anilines is 1. The third kappa shape index (κ3) is 5.43. The number of hydrogen-bond acceptors (Lipinski definition) is 5. The summed E-state index contributed by atoms with van der Waals surface area (Å²) in [5.41, 5.74) is -0.454. The van der Waals surface area contributed by atoms with E-state index < -0.39 is 35.2 Å². The maximum Gasteiger partial charge on any atom is 0.234 e. The van der Waals surface area contributed by atoms with Crippen molar-refractivity contribution < 1.29 is 22.7 Å². The summed E-state index contributed by atoms with van der Waals surface area (Å²) in [4.78, 5) is 12.2. The Morgan fingerprint density at radius 1 is 1.25 bits per heavy atom. The number of nitrogens with zero attached hydrogens (tertiary/aromatic N) is 3. The van der Waals surface area contributed by atoms with Crippen LogP contribution < -0.4 is 10.1 Å². The standard InChI is InChI=1S/C21H18ClF3N4O2S/c1-3-10-29-20(12(2)31-16-7-5-4-6-13(16)22)27-28-21(29)32-11-17(30)26-15-9-8-14(23)18(24)19(15)25/h3-9,12H,1,10-11H2,2H3,(H,26,30). The maximum atomic E-state index is 13.8. The van der Waals surface area contributed by atoms with E-state index in [2.05, 4.69) is 22.1 Å². The molecule has 1 N–H and O–H groups in total. The molecule has 11 heteroatoms. The summed E-state index contributed by atoms with van der Waals surface area (Å²) in [7, 11) is 0. The Morgan fingerprint density at radius 2 is 2.00 bits per heavy atom. The fraction of sp³-hybridized carbons (Fsp3) is 0.190. The molecule has 2 aromatic carbocycles. The number of allylic oxidation sites excluding steroid dienone is 1. The minimum absolute atomic E-state index is 0.173. The van der Waals surface area contributed by atoms with Crippen molar-refractivity contribution in [3.63, 3.8) is 0 Å². The molecular formula is C21H18ClF3N4O2S. The van der Waals surface area contributed by atoms with E-state index in [4.69, 9.17) is 16.3 Å². The number of thioether (sulfide) groups is 1. The Balaban J connectivity index is 1.70. The Morgan fingerprint density at radius 3 is 2.72 bits per heavy atom. The zero-order chi connectivity index (χ0) is 23.3. The molecule has 0 aliphatic heterocycles. The fourth-order valence-corrected chi connectivity index (χ4v) is 3.67. The summed E-state index contributed by atoms with van der Waals surface area (Å²) in [5.74, 6) is -4.29. The van der Waals surface area contributed by atoms with Gasteiger partial charge in [0.15, 0.2) is 34.5 Å². The summed E-state index contributed by atoms with van der Waals surface area (Å²) in [6.45, 7) is 5.84. The Labute approximate surface area is 191 Å². The summed E-state index contributed by atoms with van der Waals surface area (Å²) >= 11 is 7.17. The second-order valence-electron chi connectivity index (χ2n) is 6.49. The van der Waals surface area contributed by atoms with Crippen LogP contribution in [0.15, 0.2) is 54.2 Å². The highest BCUT2D eigenvalue weighted by molar-refractivity contribution is 7.99. The van der Waals surface area contributed by atoms with E-state index in [1.54, 1.807) is 41.8 Å². The monoisotopic (exact) mass is 482 g/mol. The molecule has 0 spiro atoms. The number of para-hydroxylation sites is 1. The van der Waals surface area contributed by atoms with Crippen LogP contribution in [0, 0.1) is 17.5 Å². The number of aromatic nitrogens is 3. The van der Waals surface area contributed by atoms with Crippen molar-refractivity contribution in [2.45, 2.75) is 24.7 Å². The Bertz CT molecular complexity index is 1140. The van der Waals surface area contributed by atoms with Crippen LogP contribution in [0.25, 0.3) is 0 Å². The molecule has 168 valence electrons. The first-order chi connectivity index (χ1) is 15.3. The smallest absolute Gasteiger partial charge is 0.234 e. The van der Waals surface area contributed by atoms with Gasteiger partial charge in [0.25, 0.3) is 0 Å². The molecule has 0 radical (unpaired) electrons. The van der Waals surface area contributed by atoms with E-state index >= 15 is 0 Å². The molecule has 6 nitrogen and oxygen atoms in total. The number of benzene rings is 2. The number of carbonyl (C=O) groups is 1. The van der Waals surface area contributed by atoms with Crippen molar-refractivity contribution in [2.75, 3.05) is 11.1 Å². The molecule has 0 saturated carbocycles. The van der Waals surface area contributed by atoms with Crippen LogP contribution in [0.2, 0.25) is 5.02 Å². The molecule has 1 unspecified atom stereocenters. The highest BCUT2D eigenvalue weighted by atomic mass is 35.5. The van der Waals surface area contributed by atoms with Crippen LogP contribution in [0.5, 0.6) is 5.75 Å². The molecule has 1 atom stereocenters. The van der Waals surface area contributed by atoms with Crippen LogP contribution in [0.1, 0.15) is 18.9 Å². The quantitative estimate of drug-likeness (QED) is 0.251. The minimum Gasteiger partial charge on any atom is -0.481 e. The zero-order valence-electron chi connectivity index (χ0n) is 16.8. The predicted molar refractivity (Wildman–Crippen MR) is 116 cm³/mol. The lowest BCUT2D eigenvalue weighted by Gasteiger charge is -2.16. The first-order valence-corrected chi connectivity index (χ1v) is 10.7. The van der Waals surface area contributed by atoms with Gasteiger partial charge < -0.3 is 10.1 Å². The number of nitrogens with one attached hydrogen (secondary N) is 1. The number of amides is 1. The second-order valence-corrected chi connectivity index (χ2v) is 7.84. The third-order valence-electron chi connectivity index (χ3n) is 4.20. The first-order valence-electron chi connectivity index (χ1n) is 9.33. The van der Waals surface area contributed by atoms with Gasteiger partial charge in [0.2, 0.25) is 5.91 Å². The molecule has 0 fully saturated rings. The summed E-state index contributed by atoms with van der Waals surface area (Å²) in [6, 6.07) is 8.68. The molecule has 1 aromatic heterocycles. The van der Waals surface area contributed by atoms with Crippen molar-refractivity contribution in [3.05, 3.63) is 77.4 Å². The summed E-state index contributed by atoms with van der Waals surface area (Å²) in [6.07, 6.45) is 1.12. The van der Waals surface area contributed by atoms with Crippen molar-refractivity contribution >= 4 is 35.0 Å². The lowest BCUT2D eigenvalue weighted by Crippen LogP contribution is -2.17. The largest absolute Gasteiger partial charge is 0.481 e. The molecule has 3 aromatic rings. The van der Waals surface area contributed by atoms with Crippen LogP contribution in [0.4, 0.5) is 18.9 Å². The van der Waals surface area contributed by atoms with Crippen LogP contribution >= 0.6 is 23.4 Å². The SMILES string of the molecule is C=CCn1c(SCC(=O)Nc2ccc(F)c(F)c2F)nnc1C(C)Oc1ccccc1Cl. The van der Waals surface area contributed by atoms with Crippen molar-refractivity contribution in [1.82, 2.24) is 14.8 Å². The predicted octanol–water partition coefficient (Wildman–Crippen LogP) is 5.41. The molecular weight excluding hydrogens is 465 g/mol. The highest BCUT2D eigenvalue weighted by Crippen LogP contribution is 2.29. The van der Waals surface area contributed by atoms with Gasteiger partial charge in [-0.2, -0.15) is 0 Å². The van der Waals surface area contributed by atoms with Gasteiger partial charge in [-0.25, -0.2) is 13.2 Å². The average Bonchev–Trinajstić information content (AvgIpc) is 3.17. The molecule has 1 heterocycles. The summed E-state index contributed by atoms with van der Waals surface area (Å²) in [5, 5.41) is 11.3. The van der Waals surface area contributed by atoms with Gasteiger partial charge >= 0.3 is 0 Å². The van der Waals surface area contributed by atoms with Gasteiger partial charge in [-0.15, -0.1) is 16.8 Å². The van der Waals surface area contributed by atoms with Crippen LogP contribution in [-0.2, 0) is 11.3 Å². The highest BCUT2D eigenvalue weighted by Gasteiger charge is 2.21. The minimum atomic E-state index is -1.65. The molecule has 0 aliphatic rings. The van der Waals surface area contributed by atoms with Crippen molar-refractivity contribution in [2.24, 2.45) is 0 Å². The third-order valence-corrected chi connectivity index (χ3v) is 5.48. The number of ether oxygens (including phenoxy) is 1. The van der Waals surface area contributed by atoms with E-state index in [1.165, 1.54) is 0 Å². The number of carbonyl (C=O) groups excluding carboxylic acids is 1. The first kappa shape index (κ1) is 23.7. The lowest BCUT2D eigenvalue weighted by atomic mass is 10.3. The van der Waals surface area contributed by atoms with Crippen LogP contribution in [0.3, 0.4) is 0 Å². The molecule has 1 amide bonds. The van der Waals surface area contributed by atoms with E-state index in [9.17, 15) is 18.0 Å². The van der Waals surface area contributed by atoms with E-state index in [0.29, 0.717) is 28.3 Å². The fourth-order valence-electron chi connectivity index (χ4n) is 2.73. The molecule has 32 heavy (non-hydrogen) atoms. The van der Waals surface area contributed by atoms with E-state index in [0.717, 1.165) is 23.9 Å². The van der Waals surface area contributed by atoms with Gasteiger partial charge in [0, 0.05) is 6.54 Å². The molecule has 0 bridgehead atoms. The number of hydrogen-bond donors (Lipinski definition) is 1. The van der Waals surface area contributed by atoms with Crippen molar-refractivity contribution in [3.8, 4) is 5.75 Å². The van der Waals surface area contributed by atoms with Gasteiger partial charge in [0.05, 0.1) is 16.5 Å². The summed E-state index contributed by atoms with van der Waals surface area (Å²) < 4.78 is 47.7. The molecule has 3 rings (SSSR count). The van der Waals surface area contributed by atoms with Gasteiger partial charge in [-0.3, -0.25) is 9.36 Å².